The minimum atomic E-state index is -0.241. The van der Waals surface area contributed by atoms with Gasteiger partial charge in [-0.05, 0) is 126 Å². The molecule has 0 atom stereocenters. The molecule has 0 saturated heterocycles. The molecular formula is C57H38. The van der Waals surface area contributed by atoms with E-state index < -0.39 is 0 Å². The Morgan fingerprint density at radius 2 is 0.614 bits per heavy atom. The zero-order valence-corrected chi connectivity index (χ0v) is 32.0. The molecule has 0 heterocycles. The standard InChI is InChI=1S/C57H38/c1-57(2)55-49(32-17-33-50(55)54-43-26-11-7-21-38(43)39-22-9-16-31-48(39)56(54)57)53-46-29-14-12-27-44(46)52(45-28-13-15-30-47(45)53)42-25-10-8-24-41(42)51-34-35-18-3-4-19-36(35)37-20-5-6-23-40(37)51/h3-34H,1-2H3. The second-order valence-corrected chi connectivity index (χ2v) is 16.3. The minimum absolute atomic E-state index is 0.241. The maximum absolute atomic E-state index is 2.45. The maximum atomic E-state index is 2.45. The molecule has 0 unspecified atom stereocenters. The summed E-state index contributed by atoms with van der Waals surface area (Å²) in [6, 6.07) is 72.5. The Labute approximate surface area is 332 Å². The fourth-order valence-corrected chi connectivity index (χ4v) is 10.8. The molecule has 0 spiro atoms. The summed E-state index contributed by atoms with van der Waals surface area (Å²) in [5, 5.41) is 15.5. The van der Waals surface area contributed by atoms with Crippen LogP contribution >= 0.6 is 0 Å². The Morgan fingerprint density at radius 3 is 1.21 bits per heavy atom. The Morgan fingerprint density at radius 1 is 0.246 bits per heavy atom. The van der Waals surface area contributed by atoms with Crippen LogP contribution in [0.3, 0.4) is 0 Å². The van der Waals surface area contributed by atoms with Crippen LogP contribution in [0.1, 0.15) is 25.0 Å². The van der Waals surface area contributed by atoms with Crippen LogP contribution in [-0.2, 0) is 5.41 Å². The molecule has 0 bridgehead atoms. The molecule has 266 valence electrons. The summed E-state index contributed by atoms with van der Waals surface area (Å²) in [6.07, 6.45) is 0. The zero-order chi connectivity index (χ0) is 37.8. The SMILES string of the molecule is CC1(C)c2c(-c3c4ccccc4c(-c4ccccc4-c4cc5ccccc5c5ccccc45)c4ccccc34)cccc2-c2c1c1ccccc1c1ccccc21. The second kappa shape index (κ2) is 12.0. The molecule has 11 aromatic carbocycles. The number of fused-ring (bicyclic) bond motifs is 13. The summed E-state index contributed by atoms with van der Waals surface area (Å²) < 4.78 is 0. The topological polar surface area (TPSA) is 0 Å². The van der Waals surface area contributed by atoms with Crippen molar-refractivity contribution in [3.63, 3.8) is 0 Å². The van der Waals surface area contributed by atoms with Gasteiger partial charge in [0.1, 0.15) is 0 Å². The van der Waals surface area contributed by atoms with Crippen LogP contribution in [0.4, 0.5) is 0 Å². The number of hydrogen-bond donors (Lipinski definition) is 0. The van der Waals surface area contributed by atoms with Gasteiger partial charge >= 0.3 is 0 Å². The molecule has 1 aliphatic carbocycles. The van der Waals surface area contributed by atoms with Crippen LogP contribution < -0.4 is 0 Å². The summed E-state index contributed by atoms with van der Waals surface area (Å²) in [6.45, 7) is 4.90. The predicted octanol–water partition coefficient (Wildman–Crippen LogP) is 15.9. The molecule has 0 nitrogen and oxygen atoms in total. The van der Waals surface area contributed by atoms with E-state index >= 15 is 0 Å². The number of hydrogen-bond acceptors (Lipinski definition) is 0. The third-order valence-electron chi connectivity index (χ3n) is 13.0. The summed E-state index contributed by atoms with van der Waals surface area (Å²) in [5.74, 6) is 0. The van der Waals surface area contributed by atoms with Gasteiger partial charge in [-0.25, -0.2) is 0 Å². The largest absolute Gasteiger partial charge is 0.0616 e. The first-order chi connectivity index (χ1) is 28.1. The van der Waals surface area contributed by atoms with Gasteiger partial charge in [-0.1, -0.05) is 202 Å². The average molecular weight is 723 g/mol. The van der Waals surface area contributed by atoms with E-state index in [1.165, 1.54) is 120 Å². The summed E-state index contributed by atoms with van der Waals surface area (Å²) in [5.41, 5.74) is 13.0. The minimum Gasteiger partial charge on any atom is -0.0616 e. The quantitative estimate of drug-likeness (QED) is 0.126. The van der Waals surface area contributed by atoms with E-state index in [9.17, 15) is 0 Å². The average Bonchev–Trinajstić information content (AvgIpc) is 3.52. The van der Waals surface area contributed by atoms with Gasteiger partial charge < -0.3 is 0 Å². The van der Waals surface area contributed by atoms with Crippen LogP contribution in [0.5, 0.6) is 0 Å². The lowest BCUT2D eigenvalue weighted by molar-refractivity contribution is 0.668. The van der Waals surface area contributed by atoms with E-state index in [1.54, 1.807) is 0 Å². The molecule has 0 heteroatoms. The van der Waals surface area contributed by atoms with Crippen molar-refractivity contribution >= 4 is 64.6 Å². The van der Waals surface area contributed by atoms with Gasteiger partial charge in [0.2, 0.25) is 0 Å². The van der Waals surface area contributed by atoms with Crippen molar-refractivity contribution in [2.24, 2.45) is 0 Å². The lowest BCUT2D eigenvalue weighted by Gasteiger charge is -2.27. The van der Waals surface area contributed by atoms with Gasteiger partial charge in [-0.2, -0.15) is 0 Å². The molecule has 1 aliphatic rings. The molecule has 11 aromatic rings. The highest BCUT2D eigenvalue weighted by Crippen LogP contribution is 2.58. The van der Waals surface area contributed by atoms with Crippen molar-refractivity contribution in [3.8, 4) is 44.5 Å². The fourth-order valence-electron chi connectivity index (χ4n) is 10.8. The number of benzene rings is 11. The normalized spacial score (nSPS) is 13.2. The van der Waals surface area contributed by atoms with Crippen LogP contribution in [0.2, 0.25) is 0 Å². The van der Waals surface area contributed by atoms with Gasteiger partial charge in [0.15, 0.2) is 0 Å². The molecule has 57 heavy (non-hydrogen) atoms. The highest BCUT2D eigenvalue weighted by molar-refractivity contribution is 6.25. The highest BCUT2D eigenvalue weighted by atomic mass is 14.4. The van der Waals surface area contributed by atoms with Crippen molar-refractivity contribution in [1.82, 2.24) is 0 Å². The van der Waals surface area contributed by atoms with Gasteiger partial charge in [0.05, 0.1) is 0 Å². The maximum Gasteiger partial charge on any atom is 0.0171 e. The van der Waals surface area contributed by atoms with E-state index in [4.69, 9.17) is 0 Å². The molecule has 0 radical (unpaired) electrons. The predicted molar refractivity (Wildman–Crippen MR) is 245 cm³/mol. The molecule has 0 aromatic heterocycles. The fraction of sp³-hybridized carbons (Fsp3) is 0.0526. The lowest BCUT2D eigenvalue weighted by Crippen LogP contribution is -2.17. The lowest BCUT2D eigenvalue weighted by atomic mass is 9.75. The van der Waals surface area contributed by atoms with E-state index in [-0.39, 0.29) is 5.41 Å². The van der Waals surface area contributed by atoms with Gasteiger partial charge in [0.25, 0.3) is 0 Å². The van der Waals surface area contributed by atoms with E-state index in [2.05, 4.69) is 208 Å². The van der Waals surface area contributed by atoms with E-state index in [0.29, 0.717) is 0 Å². The summed E-state index contributed by atoms with van der Waals surface area (Å²) in [4.78, 5) is 0. The second-order valence-electron chi connectivity index (χ2n) is 16.3. The Kier molecular flexibility index (Phi) is 6.78. The Balaban J connectivity index is 1.18. The molecule has 0 fully saturated rings. The molecule has 0 aliphatic heterocycles. The molecule has 0 saturated carbocycles. The Hall–Kier alpha value is -7.02. The Bertz CT molecular complexity index is 3430. The van der Waals surface area contributed by atoms with Crippen LogP contribution in [0.15, 0.2) is 194 Å². The van der Waals surface area contributed by atoms with Crippen molar-refractivity contribution in [2.75, 3.05) is 0 Å². The highest BCUT2D eigenvalue weighted by Gasteiger charge is 2.40. The third kappa shape index (κ3) is 4.44. The first-order valence-corrected chi connectivity index (χ1v) is 20.1. The molecule has 0 amide bonds. The van der Waals surface area contributed by atoms with Crippen molar-refractivity contribution < 1.29 is 0 Å². The molecule has 0 N–H and O–H groups in total. The van der Waals surface area contributed by atoms with E-state index in [0.717, 1.165) is 0 Å². The summed E-state index contributed by atoms with van der Waals surface area (Å²) in [7, 11) is 0. The third-order valence-corrected chi connectivity index (χ3v) is 13.0. The van der Waals surface area contributed by atoms with Crippen LogP contribution in [-0.4, -0.2) is 0 Å². The van der Waals surface area contributed by atoms with Gasteiger partial charge in [-0.15, -0.1) is 0 Å². The van der Waals surface area contributed by atoms with Crippen molar-refractivity contribution in [2.45, 2.75) is 19.3 Å². The van der Waals surface area contributed by atoms with Crippen LogP contribution in [0.25, 0.3) is 109 Å². The molecule has 12 rings (SSSR count). The van der Waals surface area contributed by atoms with Crippen molar-refractivity contribution in [3.05, 3.63) is 205 Å². The number of rotatable bonds is 3. The zero-order valence-electron chi connectivity index (χ0n) is 32.0. The smallest absolute Gasteiger partial charge is 0.0171 e. The monoisotopic (exact) mass is 722 g/mol. The van der Waals surface area contributed by atoms with Crippen LogP contribution in [0, 0.1) is 0 Å². The summed E-state index contributed by atoms with van der Waals surface area (Å²) >= 11 is 0. The van der Waals surface area contributed by atoms with Crippen molar-refractivity contribution in [1.29, 1.82) is 0 Å². The molecular weight excluding hydrogens is 685 g/mol. The first kappa shape index (κ1) is 32.2. The van der Waals surface area contributed by atoms with E-state index in [1.807, 2.05) is 0 Å². The first-order valence-electron chi connectivity index (χ1n) is 20.1. The van der Waals surface area contributed by atoms with Gasteiger partial charge in [0, 0.05) is 5.41 Å². The van der Waals surface area contributed by atoms with Gasteiger partial charge in [-0.3, -0.25) is 0 Å².